The number of hydrogen-bond donors (Lipinski definition) is 1. The van der Waals surface area contributed by atoms with Crippen molar-refractivity contribution in [2.45, 2.75) is 52.1 Å². The maximum Gasteiger partial charge on any atom is 0.416 e. The van der Waals surface area contributed by atoms with Gasteiger partial charge in [0.05, 0.1) is 29.2 Å². The van der Waals surface area contributed by atoms with Gasteiger partial charge in [0.2, 0.25) is 0 Å². The zero-order chi connectivity index (χ0) is 24.3. The lowest BCUT2D eigenvalue weighted by molar-refractivity contribution is -0.137. The molecular weight excluding hydrogens is 443 g/mol. The van der Waals surface area contributed by atoms with E-state index in [0.29, 0.717) is 25.2 Å². The van der Waals surface area contributed by atoms with Gasteiger partial charge in [-0.25, -0.2) is 4.98 Å². The quantitative estimate of drug-likeness (QED) is 0.478. The number of carbonyl (C=O) groups excluding carboxylic acids is 1. The summed E-state index contributed by atoms with van der Waals surface area (Å²) in [5, 5.41) is 2.94. The topological polar surface area (TPSA) is 63.1 Å². The van der Waals surface area contributed by atoms with Crippen molar-refractivity contribution >= 4 is 5.91 Å². The fourth-order valence-electron chi connectivity index (χ4n) is 4.44. The zero-order valence-electron chi connectivity index (χ0n) is 19.2. The molecule has 1 aliphatic rings. The molecule has 180 valence electrons. The van der Waals surface area contributed by atoms with Gasteiger partial charge in [-0.1, -0.05) is 26.0 Å². The molecule has 1 atom stereocenters. The van der Waals surface area contributed by atoms with E-state index >= 15 is 0 Å². The molecule has 0 aliphatic carbocycles. The minimum absolute atomic E-state index is 0.0320. The summed E-state index contributed by atoms with van der Waals surface area (Å²) in [6.07, 6.45) is 3.41. The number of fused-ring (bicyclic) bond motifs is 1. The van der Waals surface area contributed by atoms with E-state index in [2.05, 4.69) is 34.0 Å². The lowest BCUT2D eigenvalue weighted by atomic mass is 9.99. The van der Waals surface area contributed by atoms with Crippen molar-refractivity contribution in [2.75, 3.05) is 6.54 Å². The summed E-state index contributed by atoms with van der Waals surface area (Å²) in [4.78, 5) is 23.5. The average molecular weight is 472 g/mol. The molecule has 4 rings (SSSR count). The molecule has 6 nitrogen and oxygen atoms in total. The Kier molecular flexibility index (Phi) is 7.02. The van der Waals surface area contributed by atoms with Gasteiger partial charge in [-0.05, 0) is 41.7 Å². The molecule has 3 aromatic rings. The molecule has 0 radical (unpaired) electrons. The van der Waals surface area contributed by atoms with E-state index in [1.807, 2.05) is 16.8 Å². The first kappa shape index (κ1) is 23.9. The first-order valence-corrected chi connectivity index (χ1v) is 11.4. The van der Waals surface area contributed by atoms with Gasteiger partial charge in [-0.2, -0.15) is 13.2 Å². The molecule has 0 fully saturated rings. The van der Waals surface area contributed by atoms with Crippen LogP contribution in [0, 0.1) is 5.92 Å². The van der Waals surface area contributed by atoms with Crippen LogP contribution in [0.5, 0.6) is 0 Å². The summed E-state index contributed by atoms with van der Waals surface area (Å²) in [6.45, 7) is 6.62. The predicted molar refractivity (Wildman–Crippen MR) is 122 cm³/mol. The number of hydrogen-bond acceptors (Lipinski definition) is 4. The first-order valence-electron chi connectivity index (χ1n) is 11.4. The van der Waals surface area contributed by atoms with Crippen molar-refractivity contribution in [1.82, 2.24) is 24.8 Å². The number of aromatic nitrogens is 3. The van der Waals surface area contributed by atoms with Crippen LogP contribution >= 0.6 is 0 Å². The van der Waals surface area contributed by atoms with Crippen LogP contribution < -0.4 is 5.32 Å². The van der Waals surface area contributed by atoms with E-state index in [-0.39, 0.29) is 17.9 Å². The molecule has 0 bridgehead atoms. The van der Waals surface area contributed by atoms with Crippen LogP contribution in [0.25, 0.3) is 0 Å². The predicted octanol–water partition coefficient (Wildman–Crippen LogP) is 4.83. The monoisotopic (exact) mass is 471 g/mol. The van der Waals surface area contributed by atoms with Crippen LogP contribution in [-0.2, 0) is 25.8 Å². The van der Waals surface area contributed by atoms with Gasteiger partial charge in [0, 0.05) is 44.8 Å². The highest BCUT2D eigenvalue weighted by Crippen LogP contribution is 2.39. The van der Waals surface area contributed by atoms with Crippen molar-refractivity contribution in [3.63, 3.8) is 0 Å². The lowest BCUT2D eigenvalue weighted by Crippen LogP contribution is -2.26. The highest BCUT2D eigenvalue weighted by Gasteiger charge is 2.35. The summed E-state index contributed by atoms with van der Waals surface area (Å²) < 4.78 is 40.6. The lowest BCUT2D eigenvalue weighted by Gasteiger charge is -2.27. The third-order valence-electron chi connectivity index (χ3n) is 6.05. The molecule has 1 aromatic carbocycles. The second-order valence-corrected chi connectivity index (χ2v) is 8.97. The second-order valence-electron chi connectivity index (χ2n) is 8.97. The summed E-state index contributed by atoms with van der Waals surface area (Å²) in [5.74, 6) is 0.0919. The Labute approximate surface area is 196 Å². The van der Waals surface area contributed by atoms with Gasteiger partial charge in [0.25, 0.3) is 5.91 Å². The van der Waals surface area contributed by atoms with E-state index in [0.717, 1.165) is 41.9 Å². The van der Waals surface area contributed by atoms with Gasteiger partial charge < -0.3 is 9.88 Å². The fraction of sp³-hybridized carbons (Fsp3) is 0.400. The number of carbonyl (C=O) groups is 1. The maximum atomic E-state index is 12.9. The Morgan fingerprint density at radius 3 is 2.65 bits per heavy atom. The number of rotatable bonds is 8. The molecule has 1 unspecified atom stereocenters. The summed E-state index contributed by atoms with van der Waals surface area (Å²) >= 11 is 0. The number of alkyl halides is 3. The maximum absolute atomic E-state index is 12.9. The Morgan fingerprint density at radius 1 is 1.24 bits per heavy atom. The molecule has 0 spiro atoms. The molecule has 2 aromatic heterocycles. The number of halogens is 3. The summed E-state index contributed by atoms with van der Waals surface area (Å²) in [5.41, 5.74) is 2.58. The number of benzene rings is 1. The van der Waals surface area contributed by atoms with Gasteiger partial charge in [0.15, 0.2) is 0 Å². The molecule has 1 aliphatic heterocycles. The van der Waals surface area contributed by atoms with Crippen molar-refractivity contribution in [1.29, 1.82) is 0 Å². The standard InChI is InChI=1S/C25H28F3N5O/c1-17(2)23-22-20(15-33(23)14-18-4-6-21(7-5-18)25(26,27)28)12-19(13-31-22)24(34)30-8-3-10-32-11-9-29-16-32/h4-7,9,11-13,16-17,23H,3,8,10,14-15H2,1-2H3,(H,30,34). The fourth-order valence-corrected chi connectivity index (χ4v) is 4.44. The Morgan fingerprint density at radius 2 is 2.00 bits per heavy atom. The average Bonchev–Trinajstić information content (AvgIpc) is 3.43. The van der Waals surface area contributed by atoms with Crippen LogP contribution in [0.15, 0.2) is 55.2 Å². The van der Waals surface area contributed by atoms with E-state index in [1.54, 1.807) is 18.7 Å². The normalized spacial score (nSPS) is 16.1. The highest BCUT2D eigenvalue weighted by molar-refractivity contribution is 5.94. The third-order valence-corrected chi connectivity index (χ3v) is 6.05. The largest absolute Gasteiger partial charge is 0.416 e. The Hall–Kier alpha value is -3.20. The number of amides is 1. The van der Waals surface area contributed by atoms with E-state index in [9.17, 15) is 18.0 Å². The van der Waals surface area contributed by atoms with Gasteiger partial charge in [-0.15, -0.1) is 0 Å². The van der Waals surface area contributed by atoms with Gasteiger partial charge >= 0.3 is 6.18 Å². The van der Waals surface area contributed by atoms with Crippen molar-refractivity contribution < 1.29 is 18.0 Å². The highest BCUT2D eigenvalue weighted by atomic mass is 19.4. The zero-order valence-corrected chi connectivity index (χ0v) is 19.2. The minimum Gasteiger partial charge on any atom is -0.352 e. The molecule has 34 heavy (non-hydrogen) atoms. The molecule has 1 amide bonds. The van der Waals surface area contributed by atoms with Crippen LogP contribution in [0.2, 0.25) is 0 Å². The van der Waals surface area contributed by atoms with E-state index in [1.165, 1.54) is 12.1 Å². The second kappa shape index (κ2) is 9.97. The van der Waals surface area contributed by atoms with E-state index < -0.39 is 11.7 Å². The van der Waals surface area contributed by atoms with Crippen molar-refractivity contribution in [3.8, 4) is 0 Å². The smallest absolute Gasteiger partial charge is 0.352 e. The third kappa shape index (κ3) is 5.47. The van der Waals surface area contributed by atoms with E-state index in [4.69, 9.17) is 0 Å². The number of imidazole rings is 1. The molecule has 0 saturated heterocycles. The molecule has 0 saturated carbocycles. The van der Waals surface area contributed by atoms with Crippen LogP contribution in [0.4, 0.5) is 13.2 Å². The summed E-state index contributed by atoms with van der Waals surface area (Å²) in [6, 6.07) is 7.21. The number of pyridine rings is 1. The molecular formula is C25H28F3N5O. The summed E-state index contributed by atoms with van der Waals surface area (Å²) in [7, 11) is 0. The number of nitrogens with one attached hydrogen (secondary N) is 1. The van der Waals surface area contributed by atoms with Gasteiger partial charge in [0.1, 0.15) is 0 Å². The molecule has 1 N–H and O–H groups in total. The Bertz CT molecular complexity index is 1110. The van der Waals surface area contributed by atoms with Crippen LogP contribution in [0.1, 0.15) is 59.1 Å². The number of aryl methyl sites for hydroxylation is 1. The number of nitrogens with zero attached hydrogens (tertiary/aromatic N) is 4. The molecule has 3 heterocycles. The Balaban J connectivity index is 1.41. The minimum atomic E-state index is -4.34. The van der Waals surface area contributed by atoms with Crippen LogP contribution in [0.3, 0.4) is 0 Å². The SMILES string of the molecule is CC(C)C1c2ncc(C(=O)NCCCn3ccnc3)cc2CN1Cc1ccc(C(F)(F)F)cc1. The van der Waals surface area contributed by atoms with Crippen LogP contribution in [-0.4, -0.2) is 31.9 Å². The first-order chi connectivity index (χ1) is 16.2. The van der Waals surface area contributed by atoms with Crippen molar-refractivity contribution in [3.05, 3.63) is 83.2 Å². The molecule has 9 heteroatoms. The van der Waals surface area contributed by atoms with Gasteiger partial charge in [-0.3, -0.25) is 14.7 Å². The van der Waals surface area contributed by atoms with Crippen molar-refractivity contribution in [2.24, 2.45) is 5.92 Å².